The maximum Gasteiger partial charge on any atom is 0.261 e. The second-order valence-corrected chi connectivity index (χ2v) is 8.02. The number of sulfonamides is 1. The topological polar surface area (TPSA) is 113 Å². The number of hydrogen-bond acceptors (Lipinski definition) is 5. The van der Waals surface area contributed by atoms with E-state index >= 15 is 0 Å². The lowest BCUT2D eigenvalue weighted by atomic mass is 10.1. The van der Waals surface area contributed by atoms with Crippen molar-refractivity contribution in [1.29, 1.82) is 0 Å². The van der Waals surface area contributed by atoms with Crippen LogP contribution in [0.2, 0.25) is 0 Å². The number of carbonyl (C=O) groups excluding carboxylic acids is 3. The summed E-state index contributed by atoms with van der Waals surface area (Å²) >= 11 is 0. The highest BCUT2D eigenvalue weighted by atomic mass is 32.2. The highest BCUT2D eigenvalue weighted by Gasteiger charge is 2.34. The van der Waals surface area contributed by atoms with E-state index in [9.17, 15) is 22.8 Å². The third-order valence-electron chi connectivity index (χ3n) is 4.52. The van der Waals surface area contributed by atoms with Crippen LogP contribution in [0.25, 0.3) is 0 Å². The van der Waals surface area contributed by atoms with Crippen molar-refractivity contribution >= 4 is 33.4 Å². The van der Waals surface area contributed by atoms with Crippen LogP contribution in [-0.4, -0.2) is 44.1 Å². The number of hydrogen-bond donors (Lipinski definition) is 2. The van der Waals surface area contributed by atoms with Crippen LogP contribution in [0.15, 0.2) is 47.4 Å². The zero-order valence-electron chi connectivity index (χ0n) is 14.1. The molecule has 0 aromatic heterocycles. The van der Waals surface area contributed by atoms with Gasteiger partial charge in [-0.05, 0) is 35.9 Å². The predicted molar refractivity (Wildman–Crippen MR) is 95.8 cm³/mol. The molecule has 8 nitrogen and oxygen atoms in total. The van der Waals surface area contributed by atoms with Crippen molar-refractivity contribution < 1.29 is 22.8 Å². The van der Waals surface area contributed by atoms with Crippen molar-refractivity contribution in [2.75, 3.05) is 18.4 Å². The minimum atomic E-state index is -3.83. The predicted octanol–water partition coefficient (Wildman–Crippen LogP) is 0.756. The second kappa shape index (κ2) is 6.29. The number of nitrogens with one attached hydrogen (secondary N) is 2. The number of nitrogens with zero attached hydrogens (tertiary/aromatic N) is 1. The Labute approximate surface area is 155 Å². The van der Waals surface area contributed by atoms with E-state index < -0.39 is 21.8 Å². The van der Waals surface area contributed by atoms with Gasteiger partial charge in [-0.25, -0.2) is 13.1 Å². The summed E-state index contributed by atoms with van der Waals surface area (Å²) in [6.45, 7) is -0.182. The molecule has 0 radical (unpaired) electrons. The first-order valence-corrected chi connectivity index (χ1v) is 9.73. The first-order valence-electron chi connectivity index (χ1n) is 8.24. The summed E-state index contributed by atoms with van der Waals surface area (Å²) in [5, 5.41) is 2.64. The van der Waals surface area contributed by atoms with Crippen LogP contribution in [0.5, 0.6) is 0 Å². The van der Waals surface area contributed by atoms with E-state index in [0.29, 0.717) is 22.4 Å². The SMILES string of the molecule is O=C1Cc2cc(S(=O)(=O)NCCN3C(=O)c4ccccc4C3=O)ccc2N1. The molecule has 3 amide bonds. The highest BCUT2D eigenvalue weighted by molar-refractivity contribution is 7.89. The molecule has 0 saturated heterocycles. The number of benzene rings is 2. The van der Waals surface area contributed by atoms with Gasteiger partial charge in [0.25, 0.3) is 11.8 Å². The number of carbonyl (C=O) groups is 3. The number of anilines is 1. The van der Waals surface area contributed by atoms with Crippen LogP contribution in [0.3, 0.4) is 0 Å². The van der Waals surface area contributed by atoms with Crippen molar-refractivity contribution in [3.05, 3.63) is 59.2 Å². The number of fused-ring (bicyclic) bond motifs is 2. The van der Waals surface area contributed by atoms with E-state index in [1.54, 1.807) is 30.3 Å². The Morgan fingerprint density at radius 2 is 1.67 bits per heavy atom. The van der Waals surface area contributed by atoms with Gasteiger partial charge in [0.05, 0.1) is 22.4 Å². The summed E-state index contributed by atoms with van der Waals surface area (Å²) in [6.07, 6.45) is 0.133. The summed E-state index contributed by atoms with van der Waals surface area (Å²) in [5.74, 6) is -1.05. The molecule has 0 saturated carbocycles. The van der Waals surface area contributed by atoms with Crippen molar-refractivity contribution in [3.63, 3.8) is 0 Å². The third kappa shape index (κ3) is 3.00. The molecule has 0 aliphatic carbocycles. The van der Waals surface area contributed by atoms with Gasteiger partial charge in [0, 0.05) is 18.8 Å². The minimum absolute atomic E-state index is 0.0279. The van der Waals surface area contributed by atoms with Gasteiger partial charge in [0.2, 0.25) is 15.9 Å². The van der Waals surface area contributed by atoms with Crippen molar-refractivity contribution in [3.8, 4) is 0 Å². The van der Waals surface area contributed by atoms with E-state index in [4.69, 9.17) is 0 Å². The van der Waals surface area contributed by atoms with E-state index in [-0.39, 0.29) is 30.3 Å². The quantitative estimate of drug-likeness (QED) is 0.738. The molecule has 0 unspecified atom stereocenters. The molecule has 0 atom stereocenters. The van der Waals surface area contributed by atoms with E-state index in [1.807, 2.05) is 0 Å². The lowest BCUT2D eigenvalue weighted by Gasteiger charge is -2.14. The summed E-state index contributed by atoms with van der Waals surface area (Å²) in [5.41, 5.74) is 1.86. The first-order chi connectivity index (χ1) is 12.9. The first kappa shape index (κ1) is 17.4. The Morgan fingerprint density at radius 1 is 1.00 bits per heavy atom. The van der Waals surface area contributed by atoms with Crippen LogP contribution in [0.4, 0.5) is 5.69 Å². The largest absolute Gasteiger partial charge is 0.326 e. The molecule has 2 heterocycles. The molecule has 27 heavy (non-hydrogen) atoms. The minimum Gasteiger partial charge on any atom is -0.326 e. The standard InChI is InChI=1S/C18H15N3O5S/c22-16-10-11-9-12(5-6-15(11)20-16)27(25,26)19-7-8-21-17(23)13-3-1-2-4-14(13)18(21)24/h1-6,9,19H,7-8,10H2,(H,20,22). The van der Waals surface area contributed by atoms with Gasteiger partial charge >= 0.3 is 0 Å². The second-order valence-electron chi connectivity index (χ2n) is 6.25. The zero-order valence-corrected chi connectivity index (χ0v) is 14.9. The summed E-state index contributed by atoms with van der Waals surface area (Å²) in [6, 6.07) is 10.9. The average molecular weight is 385 g/mol. The Balaban J connectivity index is 1.44. The molecule has 2 aromatic carbocycles. The smallest absolute Gasteiger partial charge is 0.261 e. The van der Waals surface area contributed by atoms with Crippen LogP contribution < -0.4 is 10.0 Å². The zero-order chi connectivity index (χ0) is 19.2. The fourth-order valence-electron chi connectivity index (χ4n) is 3.19. The lowest BCUT2D eigenvalue weighted by Crippen LogP contribution is -2.38. The molecular weight excluding hydrogens is 370 g/mol. The molecule has 0 bridgehead atoms. The van der Waals surface area contributed by atoms with Gasteiger partial charge in [0.1, 0.15) is 0 Å². The average Bonchev–Trinajstić information content (AvgIpc) is 3.13. The number of rotatable bonds is 5. The van der Waals surface area contributed by atoms with Gasteiger partial charge in [0.15, 0.2) is 0 Å². The molecule has 0 spiro atoms. The molecule has 2 aliphatic rings. The molecule has 4 rings (SSSR count). The summed E-state index contributed by atoms with van der Waals surface area (Å²) < 4.78 is 27.3. The van der Waals surface area contributed by atoms with E-state index in [0.717, 1.165) is 4.90 Å². The summed E-state index contributed by atoms with van der Waals surface area (Å²) in [7, 11) is -3.83. The monoisotopic (exact) mass is 385 g/mol. The van der Waals surface area contributed by atoms with Crippen LogP contribution in [0.1, 0.15) is 26.3 Å². The Bertz CT molecular complexity index is 1060. The van der Waals surface area contributed by atoms with Gasteiger partial charge in [-0.15, -0.1) is 0 Å². The maximum atomic E-state index is 12.5. The van der Waals surface area contributed by atoms with Crippen molar-refractivity contribution in [2.24, 2.45) is 0 Å². The molecule has 2 N–H and O–H groups in total. The third-order valence-corrected chi connectivity index (χ3v) is 5.98. The number of imide groups is 1. The highest BCUT2D eigenvalue weighted by Crippen LogP contribution is 2.26. The number of amides is 3. The lowest BCUT2D eigenvalue weighted by molar-refractivity contribution is -0.115. The van der Waals surface area contributed by atoms with Crippen LogP contribution in [0, 0.1) is 0 Å². The van der Waals surface area contributed by atoms with Gasteiger partial charge < -0.3 is 5.32 Å². The molecule has 0 fully saturated rings. The van der Waals surface area contributed by atoms with E-state index in [2.05, 4.69) is 10.0 Å². The fraction of sp³-hybridized carbons (Fsp3) is 0.167. The Kier molecular flexibility index (Phi) is 4.05. The van der Waals surface area contributed by atoms with E-state index in [1.165, 1.54) is 12.1 Å². The van der Waals surface area contributed by atoms with Gasteiger partial charge in [-0.1, -0.05) is 12.1 Å². The molecular formula is C18H15N3O5S. The van der Waals surface area contributed by atoms with Crippen molar-refractivity contribution in [1.82, 2.24) is 9.62 Å². The molecule has 138 valence electrons. The summed E-state index contributed by atoms with van der Waals surface area (Å²) in [4.78, 5) is 37.0. The van der Waals surface area contributed by atoms with Crippen LogP contribution in [-0.2, 0) is 21.2 Å². The molecule has 9 heteroatoms. The van der Waals surface area contributed by atoms with Gasteiger partial charge in [-0.3, -0.25) is 19.3 Å². The van der Waals surface area contributed by atoms with Crippen molar-refractivity contribution in [2.45, 2.75) is 11.3 Å². The normalized spacial score (nSPS) is 15.7. The van der Waals surface area contributed by atoms with Crippen LogP contribution >= 0.6 is 0 Å². The fourth-order valence-corrected chi connectivity index (χ4v) is 4.26. The van der Waals surface area contributed by atoms with Gasteiger partial charge in [-0.2, -0.15) is 0 Å². The Morgan fingerprint density at radius 3 is 2.33 bits per heavy atom. The molecule has 2 aromatic rings. The molecule has 2 aliphatic heterocycles. The Hall–Kier alpha value is -3.04. The maximum absolute atomic E-state index is 12.5.